The lowest BCUT2D eigenvalue weighted by Gasteiger charge is -2.23. The molecule has 0 spiro atoms. The summed E-state index contributed by atoms with van der Waals surface area (Å²) in [7, 11) is 0. The monoisotopic (exact) mass is 263 g/mol. The van der Waals surface area contributed by atoms with E-state index in [4.69, 9.17) is 9.84 Å². The number of carbonyl (C=O) groups is 2. The Bertz CT molecular complexity index is 486. The number of aliphatic carboxylic acids is 1. The van der Waals surface area contributed by atoms with Gasteiger partial charge in [0.15, 0.2) is 0 Å². The van der Waals surface area contributed by atoms with Crippen LogP contribution in [-0.4, -0.2) is 41.6 Å². The number of fused-ring (bicyclic) bond motifs is 1. The van der Waals surface area contributed by atoms with Crippen molar-refractivity contribution in [2.24, 2.45) is 0 Å². The van der Waals surface area contributed by atoms with Gasteiger partial charge in [-0.2, -0.15) is 0 Å². The maximum absolute atomic E-state index is 12.4. The van der Waals surface area contributed by atoms with E-state index in [1.165, 1.54) is 0 Å². The van der Waals surface area contributed by atoms with Gasteiger partial charge in [-0.1, -0.05) is 18.2 Å². The molecule has 1 aromatic rings. The SMILES string of the molecule is CCN(CCC(=O)O)C(=O)[C@H]1COc2ccccc21. The normalized spacial score (nSPS) is 16.6. The number of hydrogen-bond acceptors (Lipinski definition) is 3. The molecule has 0 fully saturated rings. The number of benzene rings is 1. The fourth-order valence-corrected chi connectivity index (χ4v) is 2.24. The van der Waals surface area contributed by atoms with E-state index in [0.29, 0.717) is 13.2 Å². The zero-order chi connectivity index (χ0) is 13.8. The van der Waals surface area contributed by atoms with Crippen molar-refractivity contribution in [3.05, 3.63) is 29.8 Å². The Labute approximate surface area is 111 Å². The summed E-state index contributed by atoms with van der Waals surface area (Å²) < 4.78 is 5.49. The molecule has 5 heteroatoms. The molecule has 1 aliphatic heterocycles. The van der Waals surface area contributed by atoms with E-state index in [9.17, 15) is 9.59 Å². The van der Waals surface area contributed by atoms with E-state index in [-0.39, 0.29) is 24.8 Å². The summed E-state index contributed by atoms with van der Waals surface area (Å²) in [5.74, 6) is -0.525. The van der Waals surface area contributed by atoms with Gasteiger partial charge in [-0.15, -0.1) is 0 Å². The molecule has 0 bridgehead atoms. The molecule has 1 heterocycles. The summed E-state index contributed by atoms with van der Waals surface area (Å²) in [6, 6.07) is 7.47. The lowest BCUT2D eigenvalue weighted by atomic mass is 10.00. The number of hydrogen-bond donors (Lipinski definition) is 1. The number of carbonyl (C=O) groups excluding carboxylic acids is 1. The number of likely N-dealkylation sites (N-methyl/N-ethyl adjacent to an activating group) is 1. The summed E-state index contributed by atoms with van der Waals surface area (Å²) in [5.41, 5.74) is 0.890. The van der Waals surface area contributed by atoms with Gasteiger partial charge in [-0.25, -0.2) is 0 Å². The first-order valence-electron chi connectivity index (χ1n) is 6.35. The summed E-state index contributed by atoms with van der Waals surface area (Å²) >= 11 is 0. The summed E-state index contributed by atoms with van der Waals surface area (Å²) in [6.45, 7) is 2.93. The Hall–Kier alpha value is -2.04. The zero-order valence-corrected chi connectivity index (χ0v) is 10.8. The van der Waals surface area contributed by atoms with Crippen LogP contribution in [0.2, 0.25) is 0 Å². The van der Waals surface area contributed by atoms with Crippen LogP contribution in [0.25, 0.3) is 0 Å². The van der Waals surface area contributed by atoms with E-state index >= 15 is 0 Å². The van der Waals surface area contributed by atoms with Crippen molar-refractivity contribution >= 4 is 11.9 Å². The maximum Gasteiger partial charge on any atom is 0.305 e. The van der Waals surface area contributed by atoms with Gasteiger partial charge in [-0.05, 0) is 13.0 Å². The third kappa shape index (κ3) is 2.86. The van der Waals surface area contributed by atoms with Crippen LogP contribution in [0, 0.1) is 0 Å². The van der Waals surface area contributed by atoms with Crippen molar-refractivity contribution in [2.75, 3.05) is 19.7 Å². The minimum atomic E-state index is -0.894. The molecule has 0 saturated heterocycles. The minimum absolute atomic E-state index is 0.0329. The standard InChI is InChI=1S/C14H17NO4/c1-2-15(8-7-13(16)17)14(18)11-9-19-12-6-4-3-5-10(11)12/h3-6,11H,2,7-9H2,1H3,(H,16,17)/t11-/m0/s1. The predicted molar refractivity (Wildman–Crippen MR) is 69.2 cm³/mol. The summed E-state index contributed by atoms with van der Waals surface area (Å²) in [5, 5.41) is 8.70. The van der Waals surface area contributed by atoms with Crippen LogP contribution in [0.3, 0.4) is 0 Å². The molecule has 102 valence electrons. The highest BCUT2D eigenvalue weighted by Crippen LogP contribution is 2.34. The van der Waals surface area contributed by atoms with Crippen LogP contribution in [-0.2, 0) is 9.59 Å². The van der Waals surface area contributed by atoms with Crippen molar-refractivity contribution in [2.45, 2.75) is 19.3 Å². The second kappa shape index (κ2) is 5.73. The van der Waals surface area contributed by atoms with E-state index in [2.05, 4.69) is 0 Å². The molecule has 0 unspecified atom stereocenters. The Balaban J connectivity index is 2.09. The van der Waals surface area contributed by atoms with Gasteiger partial charge in [0.1, 0.15) is 18.3 Å². The average Bonchev–Trinajstić information content (AvgIpc) is 2.82. The zero-order valence-electron chi connectivity index (χ0n) is 10.8. The fourth-order valence-electron chi connectivity index (χ4n) is 2.24. The molecule has 1 aromatic carbocycles. The Kier molecular flexibility index (Phi) is 4.04. The highest BCUT2D eigenvalue weighted by Gasteiger charge is 2.32. The quantitative estimate of drug-likeness (QED) is 0.874. The number of nitrogens with zero attached hydrogens (tertiary/aromatic N) is 1. The maximum atomic E-state index is 12.4. The number of amides is 1. The molecule has 1 aliphatic rings. The molecule has 2 rings (SSSR count). The molecule has 1 amide bonds. The number of ether oxygens (including phenoxy) is 1. The van der Waals surface area contributed by atoms with Crippen LogP contribution in [0.1, 0.15) is 24.8 Å². The lowest BCUT2D eigenvalue weighted by Crippen LogP contribution is -2.37. The van der Waals surface area contributed by atoms with Crippen molar-refractivity contribution in [3.8, 4) is 5.75 Å². The molecule has 0 radical (unpaired) electrons. The molecular weight excluding hydrogens is 246 g/mol. The van der Waals surface area contributed by atoms with Gasteiger partial charge in [0.2, 0.25) is 5.91 Å². The lowest BCUT2D eigenvalue weighted by molar-refractivity contribution is -0.138. The number of para-hydroxylation sites is 1. The van der Waals surface area contributed by atoms with Crippen molar-refractivity contribution in [1.82, 2.24) is 4.90 Å². The molecule has 0 aliphatic carbocycles. The second-order valence-electron chi connectivity index (χ2n) is 4.46. The van der Waals surface area contributed by atoms with Crippen LogP contribution in [0.15, 0.2) is 24.3 Å². The third-order valence-electron chi connectivity index (χ3n) is 3.29. The molecular formula is C14H17NO4. The van der Waals surface area contributed by atoms with E-state index in [1.54, 1.807) is 4.90 Å². The van der Waals surface area contributed by atoms with Gasteiger partial charge < -0.3 is 14.7 Å². The minimum Gasteiger partial charge on any atom is -0.492 e. The van der Waals surface area contributed by atoms with Gasteiger partial charge in [0, 0.05) is 18.7 Å². The molecule has 0 saturated carbocycles. The molecule has 0 aromatic heterocycles. The predicted octanol–water partition coefficient (Wildman–Crippen LogP) is 1.49. The highest BCUT2D eigenvalue weighted by atomic mass is 16.5. The van der Waals surface area contributed by atoms with Crippen molar-refractivity contribution in [3.63, 3.8) is 0 Å². The summed E-state index contributed by atoms with van der Waals surface area (Å²) in [4.78, 5) is 24.6. The van der Waals surface area contributed by atoms with Crippen LogP contribution < -0.4 is 4.74 Å². The fraction of sp³-hybridized carbons (Fsp3) is 0.429. The molecule has 19 heavy (non-hydrogen) atoms. The topological polar surface area (TPSA) is 66.8 Å². The Morgan fingerprint density at radius 2 is 2.16 bits per heavy atom. The average molecular weight is 263 g/mol. The smallest absolute Gasteiger partial charge is 0.305 e. The molecule has 5 nitrogen and oxygen atoms in total. The van der Waals surface area contributed by atoms with E-state index < -0.39 is 5.97 Å². The van der Waals surface area contributed by atoms with E-state index in [0.717, 1.165) is 11.3 Å². The first kappa shape index (κ1) is 13.4. The van der Waals surface area contributed by atoms with Crippen LogP contribution in [0.4, 0.5) is 0 Å². The number of carboxylic acid groups (broad SMARTS) is 1. The summed E-state index contributed by atoms with van der Waals surface area (Å²) in [6.07, 6.45) is -0.0329. The third-order valence-corrected chi connectivity index (χ3v) is 3.29. The van der Waals surface area contributed by atoms with Gasteiger partial charge >= 0.3 is 5.97 Å². The van der Waals surface area contributed by atoms with Gasteiger partial charge in [0.05, 0.1) is 6.42 Å². The number of rotatable bonds is 5. The van der Waals surface area contributed by atoms with Crippen molar-refractivity contribution in [1.29, 1.82) is 0 Å². The van der Waals surface area contributed by atoms with Crippen LogP contribution >= 0.6 is 0 Å². The van der Waals surface area contributed by atoms with Crippen LogP contribution in [0.5, 0.6) is 5.75 Å². The highest BCUT2D eigenvalue weighted by molar-refractivity contribution is 5.86. The molecule has 1 atom stereocenters. The van der Waals surface area contributed by atoms with Gasteiger partial charge in [-0.3, -0.25) is 9.59 Å². The Morgan fingerprint density at radius 3 is 2.84 bits per heavy atom. The van der Waals surface area contributed by atoms with E-state index in [1.807, 2.05) is 31.2 Å². The first-order chi connectivity index (χ1) is 9.13. The first-order valence-corrected chi connectivity index (χ1v) is 6.35. The largest absolute Gasteiger partial charge is 0.492 e. The van der Waals surface area contributed by atoms with Gasteiger partial charge in [0.25, 0.3) is 0 Å². The Morgan fingerprint density at radius 1 is 1.42 bits per heavy atom. The van der Waals surface area contributed by atoms with Crippen molar-refractivity contribution < 1.29 is 19.4 Å². The molecule has 1 N–H and O–H groups in total. The second-order valence-corrected chi connectivity index (χ2v) is 4.46. The number of carboxylic acids is 1.